The number of imidazole rings is 1. The topological polar surface area (TPSA) is 125 Å². The summed E-state index contributed by atoms with van der Waals surface area (Å²) in [5, 5.41) is 9.27. The summed E-state index contributed by atoms with van der Waals surface area (Å²) in [5.41, 5.74) is 2.49. The van der Waals surface area contributed by atoms with Crippen LogP contribution in [0.1, 0.15) is 25.7 Å². The van der Waals surface area contributed by atoms with E-state index in [4.69, 9.17) is 15.8 Å². The molecule has 0 radical (unpaired) electrons. The normalized spacial score (nSPS) is 14.0. The monoisotopic (exact) mass is 525 g/mol. The first-order valence-electron chi connectivity index (χ1n) is 11.5. The summed E-state index contributed by atoms with van der Waals surface area (Å²) < 4.78 is 30.9. The van der Waals surface area contributed by atoms with Crippen LogP contribution in [0.4, 0.5) is 22.1 Å². The highest BCUT2D eigenvalue weighted by Crippen LogP contribution is 2.26. The average molecular weight is 526 g/mol. The summed E-state index contributed by atoms with van der Waals surface area (Å²) in [4.78, 5) is 19.6. The molecule has 1 heterocycles. The second-order valence-corrected chi connectivity index (χ2v) is 10.5. The number of hydrogen-bond donors (Lipinski definition) is 4. The highest BCUT2D eigenvalue weighted by molar-refractivity contribution is 7.87. The van der Waals surface area contributed by atoms with Gasteiger partial charge in [-0.15, -0.1) is 0 Å². The molecule has 1 aromatic heterocycles. The Bertz CT molecular complexity index is 1480. The van der Waals surface area contributed by atoms with E-state index >= 15 is 0 Å². The second kappa shape index (κ2) is 10.1. The Morgan fingerprint density at radius 2 is 1.64 bits per heavy atom. The zero-order valence-electron chi connectivity index (χ0n) is 19.1. The first-order chi connectivity index (χ1) is 17.3. The van der Waals surface area contributed by atoms with Crippen LogP contribution in [-0.2, 0) is 10.1 Å². The van der Waals surface area contributed by atoms with Crippen LogP contribution in [0.25, 0.3) is 11.0 Å². The summed E-state index contributed by atoms with van der Waals surface area (Å²) in [7, 11) is -4.03. The molecular formula is C25H24ClN5O4S. The van der Waals surface area contributed by atoms with E-state index in [1.165, 1.54) is 37.1 Å². The molecule has 1 aliphatic carbocycles. The number of nitrogens with zero attached hydrogens (tertiary/aromatic N) is 1. The van der Waals surface area contributed by atoms with Crippen LogP contribution >= 0.6 is 11.6 Å². The third-order valence-electron chi connectivity index (χ3n) is 5.86. The summed E-state index contributed by atoms with van der Waals surface area (Å²) >= 11 is 5.85. The molecule has 0 aliphatic heterocycles. The molecule has 1 saturated carbocycles. The van der Waals surface area contributed by atoms with Gasteiger partial charge < -0.3 is 19.8 Å². The average Bonchev–Trinajstić information content (AvgIpc) is 3.50. The lowest BCUT2D eigenvalue weighted by Gasteiger charge is -2.14. The summed E-state index contributed by atoms with van der Waals surface area (Å²) in [6, 6.07) is 17.8. The van der Waals surface area contributed by atoms with Crippen LogP contribution < -0.4 is 20.1 Å². The predicted octanol–water partition coefficient (Wildman–Crippen LogP) is 5.98. The van der Waals surface area contributed by atoms with Crippen LogP contribution in [0.3, 0.4) is 0 Å². The Balaban J connectivity index is 1.24. The van der Waals surface area contributed by atoms with Gasteiger partial charge >= 0.3 is 16.1 Å². The number of rotatable bonds is 7. The molecule has 186 valence electrons. The van der Waals surface area contributed by atoms with Crippen molar-refractivity contribution in [1.82, 2.24) is 9.97 Å². The van der Waals surface area contributed by atoms with E-state index < -0.39 is 16.1 Å². The maximum absolute atomic E-state index is 12.8. The van der Waals surface area contributed by atoms with Gasteiger partial charge in [0.25, 0.3) is 0 Å². The van der Waals surface area contributed by atoms with Gasteiger partial charge in [-0.3, -0.25) is 5.32 Å². The largest absolute Gasteiger partial charge is 0.382 e. The first kappa shape index (κ1) is 24.0. The Labute approximate surface area is 213 Å². The molecule has 2 amide bonds. The molecule has 11 heteroatoms. The van der Waals surface area contributed by atoms with Gasteiger partial charge in [0, 0.05) is 28.5 Å². The van der Waals surface area contributed by atoms with E-state index in [1.54, 1.807) is 42.5 Å². The number of carbonyl (C=O) groups is 1. The summed E-state index contributed by atoms with van der Waals surface area (Å²) in [5.74, 6) is 0.307. The summed E-state index contributed by atoms with van der Waals surface area (Å²) in [6.07, 6.45) is 4.69. The number of carbonyl (C=O) groups excluding carboxylic acids is 1. The molecule has 36 heavy (non-hydrogen) atoms. The van der Waals surface area contributed by atoms with Crippen molar-refractivity contribution in [2.75, 3.05) is 16.0 Å². The number of aromatic nitrogens is 2. The Morgan fingerprint density at radius 3 is 2.36 bits per heavy atom. The highest BCUT2D eigenvalue weighted by Gasteiger charge is 2.19. The quantitative estimate of drug-likeness (QED) is 0.220. The maximum atomic E-state index is 12.8. The number of urea groups is 1. The van der Waals surface area contributed by atoms with E-state index in [0.717, 1.165) is 18.5 Å². The summed E-state index contributed by atoms with van der Waals surface area (Å²) in [6.45, 7) is 0. The standard InChI is InChI=1S/C25H24ClN5O4S/c26-16-5-7-19(8-6-16)28-25(32)31-24-29-22-14-11-20(15-23(22)30-24)35-36(33,34)21-12-9-18(10-13-21)27-17-3-1-2-4-17/h5-15,17,27H,1-4H2,(H3,28,29,30,31,32). The van der Waals surface area contributed by atoms with Crippen LogP contribution in [-0.4, -0.2) is 30.5 Å². The van der Waals surface area contributed by atoms with Crippen molar-refractivity contribution in [3.63, 3.8) is 0 Å². The number of amides is 2. The van der Waals surface area contributed by atoms with E-state index in [1.807, 2.05) is 0 Å². The second-order valence-electron chi connectivity index (χ2n) is 8.54. The third kappa shape index (κ3) is 5.72. The van der Waals surface area contributed by atoms with Gasteiger partial charge in [0.15, 0.2) is 0 Å². The number of fused-ring (bicyclic) bond motifs is 1. The number of aromatic amines is 1. The SMILES string of the molecule is O=C(Nc1ccc(Cl)cc1)Nc1nc2cc(OS(=O)(=O)c3ccc(NC4CCCC4)cc3)ccc2[nH]1. The van der Waals surface area contributed by atoms with Gasteiger partial charge in [-0.1, -0.05) is 24.4 Å². The lowest BCUT2D eigenvalue weighted by Crippen LogP contribution is -2.20. The number of H-pyrrole nitrogens is 1. The molecule has 0 unspecified atom stereocenters. The van der Waals surface area contributed by atoms with Gasteiger partial charge in [0.05, 0.1) is 11.0 Å². The van der Waals surface area contributed by atoms with Crippen molar-refractivity contribution in [3.05, 3.63) is 71.8 Å². The van der Waals surface area contributed by atoms with Crippen molar-refractivity contribution < 1.29 is 17.4 Å². The number of halogens is 1. The van der Waals surface area contributed by atoms with Gasteiger partial charge in [0.2, 0.25) is 5.95 Å². The molecule has 1 aliphatic rings. The zero-order valence-corrected chi connectivity index (χ0v) is 20.7. The molecule has 0 spiro atoms. The van der Waals surface area contributed by atoms with E-state index in [-0.39, 0.29) is 16.6 Å². The molecule has 0 atom stereocenters. The lowest BCUT2D eigenvalue weighted by atomic mass is 10.2. The highest BCUT2D eigenvalue weighted by atomic mass is 35.5. The zero-order chi connectivity index (χ0) is 25.1. The fourth-order valence-electron chi connectivity index (χ4n) is 4.10. The van der Waals surface area contributed by atoms with Gasteiger partial charge in [-0.05, 0) is 73.5 Å². The molecule has 9 nitrogen and oxygen atoms in total. The van der Waals surface area contributed by atoms with E-state index in [9.17, 15) is 13.2 Å². The molecule has 0 saturated heterocycles. The van der Waals surface area contributed by atoms with Crippen LogP contribution in [0.2, 0.25) is 5.02 Å². The molecule has 1 fully saturated rings. The molecule has 0 bridgehead atoms. The van der Waals surface area contributed by atoms with Crippen molar-refractivity contribution in [2.24, 2.45) is 0 Å². The number of anilines is 3. The van der Waals surface area contributed by atoms with Crippen molar-refractivity contribution in [3.8, 4) is 5.75 Å². The number of benzene rings is 3. The Kier molecular flexibility index (Phi) is 6.71. The third-order valence-corrected chi connectivity index (χ3v) is 7.38. The Morgan fingerprint density at radius 1 is 0.944 bits per heavy atom. The maximum Gasteiger partial charge on any atom is 0.339 e. The molecule has 4 N–H and O–H groups in total. The fraction of sp³-hybridized carbons (Fsp3) is 0.200. The van der Waals surface area contributed by atoms with Gasteiger partial charge in [-0.25, -0.2) is 9.78 Å². The van der Waals surface area contributed by atoms with Gasteiger partial charge in [0.1, 0.15) is 10.6 Å². The van der Waals surface area contributed by atoms with Crippen molar-refractivity contribution in [2.45, 2.75) is 36.6 Å². The van der Waals surface area contributed by atoms with Crippen LogP contribution in [0, 0.1) is 0 Å². The van der Waals surface area contributed by atoms with E-state index in [2.05, 4.69) is 25.9 Å². The number of hydrogen-bond acceptors (Lipinski definition) is 6. The molecule has 3 aromatic carbocycles. The van der Waals surface area contributed by atoms with Crippen LogP contribution in [0.15, 0.2) is 71.6 Å². The first-order valence-corrected chi connectivity index (χ1v) is 13.3. The molecule has 5 rings (SSSR count). The molecule has 4 aromatic rings. The number of nitrogens with one attached hydrogen (secondary N) is 4. The fourth-order valence-corrected chi connectivity index (χ4v) is 5.15. The molecular weight excluding hydrogens is 502 g/mol. The lowest BCUT2D eigenvalue weighted by molar-refractivity contribution is 0.262. The predicted molar refractivity (Wildman–Crippen MR) is 140 cm³/mol. The van der Waals surface area contributed by atoms with Crippen LogP contribution in [0.5, 0.6) is 5.75 Å². The minimum Gasteiger partial charge on any atom is -0.382 e. The minimum atomic E-state index is -4.03. The van der Waals surface area contributed by atoms with E-state index in [0.29, 0.717) is 27.8 Å². The van der Waals surface area contributed by atoms with Gasteiger partial charge in [-0.2, -0.15) is 8.42 Å². The van der Waals surface area contributed by atoms with Crippen molar-refractivity contribution in [1.29, 1.82) is 0 Å². The smallest absolute Gasteiger partial charge is 0.339 e. The Hall–Kier alpha value is -3.76. The minimum absolute atomic E-state index is 0.0582. The van der Waals surface area contributed by atoms with Crippen molar-refractivity contribution >= 4 is 56.1 Å².